The maximum Gasteiger partial charge on any atom is 0.251 e. The van der Waals surface area contributed by atoms with E-state index in [0.29, 0.717) is 76.6 Å². The van der Waals surface area contributed by atoms with Crippen LogP contribution in [0.5, 0.6) is 28.7 Å². The number of hydrogen-bond donors (Lipinski definition) is 9. The van der Waals surface area contributed by atoms with Crippen molar-refractivity contribution in [1.29, 1.82) is 0 Å². The van der Waals surface area contributed by atoms with Gasteiger partial charge in [0.25, 0.3) is 5.91 Å². The van der Waals surface area contributed by atoms with Gasteiger partial charge in [-0.15, -0.1) is 11.3 Å². The Morgan fingerprint density at radius 3 is 1.08 bits per heavy atom. The quantitative estimate of drug-likeness (QED) is 0.0181. The average Bonchev–Trinajstić information content (AvgIpc) is 1.66. The second-order valence-corrected chi connectivity index (χ2v) is 33.0. The molecule has 30 heteroatoms. The molecule has 0 aliphatic carbocycles. The van der Waals surface area contributed by atoms with E-state index >= 15 is 0 Å². The number of ether oxygens (including phenoxy) is 5. The molecular weight excluding hydrogens is 1660 g/mol. The normalized spacial score (nSPS) is 13.8. The predicted molar refractivity (Wildman–Crippen MR) is 515 cm³/mol. The number of benzene rings is 8. The van der Waals surface area contributed by atoms with E-state index < -0.39 is 0 Å². The molecule has 0 saturated carbocycles. The molecule has 0 spiro atoms. The Kier molecular flexibility index (Phi) is 33.2. The molecule has 0 bridgehead atoms. The van der Waals surface area contributed by atoms with Gasteiger partial charge in [-0.2, -0.15) is 19.9 Å². The van der Waals surface area contributed by atoms with E-state index in [1.54, 1.807) is 62.3 Å². The van der Waals surface area contributed by atoms with Crippen molar-refractivity contribution in [1.82, 2.24) is 64.8 Å². The van der Waals surface area contributed by atoms with Crippen LogP contribution in [-0.4, -0.2) is 185 Å². The van der Waals surface area contributed by atoms with Crippen LogP contribution in [0.2, 0.25) is 10.0 Å². The Labute approximate surface area is 757 Å². The largest absolute Gasteiger partial charge is 0.495 e. The second-order valence-electron chi connectivity index (χ2n) is 31.3. The third kappa shape index (κ3) is 27.9. The number of methoxy groups -OCH3 is 1. The van der Waals surface area contributed by atoms with Crippen molar-refractivity contribution in [3.05, 3.63) is 256 Å². The smallest absolute Gasteiger partial charge is 0.251 e. The van der Waals surface area contributed by atoms with Gasteiger partial charge in [0.05, 0.1) is 17.8 Å². The van der Waals surface area contributed by atoms with Crippen LogP contribution < -0.4 is 71.5 Å². The highest BCUT2D eigenvalue weighted by Crippen LogP contribution is 2.35. The summed E-state index contributed by atoms with van der Waals surface area (Å²) in [5.41, 5.74) is 11.5. The van der Waals surface area contributed by atoms with Crippen LogP contribution in [0, 0.1) is 27.7 Å². The zero-order valence-electron chi connectivity index (χ0n) is 72.7. The van der Waals surface area contributed by atoms with Gasteiger partial charge in [-0.1, -0.05) is 53.5 Å². The predicted octanol–water partition coefficient (Wildman–Crippen LogP) is 20.9. The lowest BCUT2D eigenvalue weighted by atomic mass is 10.2. The lowest BCUT2D eigenvalue weighted by molar-refractivity contribution is 0.0963. The van der Waals surface area contributed by atoms with Crippen molar-refractivity contribution in [2.45, 2.75) is 79.1 Å². The summed E-state index contributed by atoms with van der Waals surface area (Å²) in [7, 11) is 3.20. The van der Waals surface area contributed by atoms with Crippen molar-refractivity contribution < 1.29 is 28.5 Å². The number of thiophene rings is 1. The van der Waals surface area contributed by atoms with E-state index in [2.05, 4.69) is 132 Å². The van der Waals surface area contributed by atoms with E-state index in [9.17, 15) is 4.79 Å². The van der Waals surface area contributed by atoms with E-state index in [4.69, 9.17) is 51.9 Å². The van der Waals surface area contributed by atoms with Gasteiger partial charge < -0.3 is 71.5 Å². The molecule has 8 aromatic carbocycles. The van der Waals surface area contributed by atoms with Crippen LogP contribution in [0.1, 0.15) is 84.0 Å². The van der Waals surface area contributed by atoms with Gasteiger partial charge in [0.15, 0.2) is 0 Å². The van der Waals surface area contributed by atoms with Crippen LogP contribution in [0.3, 0.4) is 0 Å². The van der Waals surface area contributed by atoms with Crippen molar-refractivity contribution in [2.75, 3.05) is 162 Å². The van der Waals surface area contributed by atoms with Crippen molar-refractivity contribution in [3.63, 3.8) is 0 Å². The fraction of sp³-hybridized carbons (Fsp3) is 0.309. The molecule has 13 aromatic rings. The topological polar surface area (TPSA) is 288 Å². The molecule has 1 amide bonds. The van der Waals surface area contributed by atoms with Gasteiger partial charge in [0, 0.05) is 152 Å². The molecule has 17 rings (SSSR count). The highest BCUT2D eigenvalue weighted by Gasteiger charge is 2.19. The van der Waals surface area contributed by atoms with E-state index in [1.165, 1.54) is 114 Å². The molecule has 9 heterocycles. The number of aryl methyl sites for hydroxylation is 4. The Balaban J connectivity index is 0.000000137. The zero-order valence-corrected chi connectivity index (χ0v) is 75.1. The van der Waals surface area contributed by atoms with Gasteiger partial charge in [-0.05, 0) is 283 Å². The lowest BCUT2D eigenvalue weighted by Gasteiger charge is -2.15. The highest BCUT2D eigenvalue weighted by atomic mass is 35.5. The van der Waals surface area contributed by atoms with Crippen molar-refractivity contribution in [2.24, 2.45) is 0 Å². The van der Waals surface area contributed by atoms with Crippen molar-refractivity contribution >= 4 is 143 Å². The molecule has 660 valence electrons. The summed E-state index contributed by atoms with van der Waals surface area (Å²) in [6, 6.07) is 60.2. The summed E-state index contributed by atoms with van der Waals surface area (Å²) in [4.78, 5) is 57.8. The Bertz CT molecular complexity index is 5670. The number of hydrogen-bond acceptors (Lipinski definition) is 27. The zero-order chi connectivity index (χ0) is 87.9. The number of carbonyl (C=O) groups is 1. The number of fused-ring (bicyclic) bond motifs is 1. The Hall–Kier alpha value is -12.7. The fourth-order valence-electron chi connectivity index (χ4n) is 14.6. The van der Waals surface area contributed by atoms with Gasteiger partial charge >= 0.3 is 0 Å². The summed E-state index contributed by atoms with van der Waals surface area (Å²) in [5.74, 6) is 8.89. The summed E-state index contributed by atoms with van der Waals surface area (Å²) < 4.78 is 30.0. The average molecular weight is 1770 g/mol. The molecule has 4 aliphatic rings. The molecule has 127 heavy (non-hydrogen) atoms. The van der Waals surface area contributed by atoms with Crippen LogP contribution in [0.15, 0.2) is 218 Å². The first-order valence-electron chi connectivity index (χ1n) is 43.3. The number of halogens is 2. The minimum atomic E-state index is -0.135. The number of rotatable bonds is 34. The fourth-order valence-corrected chi connectivity index (χ4v) is 15.8. The van der Waals surface area contributed by atoms with Gasteiger partial charge in [0.1, 0.15) is 78.4 Å². The number of likely N-dealkylation sites (tertiary alicyclic amines) is 4. The van der Waals surface area contributed by atoms with E-state index in [0.717, 1.165) is 135 Å². The molecule has 0 unspecified atom stereocenters. The monoisotopic (exact) mass is 1770 g/mol. The molecule has 4 aliphatic heterocycles. The number of anilines is 16. The minimum absolute atomic E-state index is 0.135. The number of aromatic nitrogens is 8. The van der Waals surface area contributed by atoms with Crippen LogP contribution in [-0.2, 0) is 0 Å². The third-order valence-electron chi connectivity index (χ3n) is 21.7. The summed E-state index contributed by atoms with van der Waals surface area (Å²) >= 11 is 13.9. The molecule has 9 N–H and O–H groups in total. The molecule has 0 atom stereocenters. The Morgan fingerprint density at radius 2 is 0.717 bits per heavy atom. The standard InChI is InChI=1S/C25H30N6O2.C25H27N5OS.C24H28ClN5O2.C23H26ClN5O/c1-18-17-27-25(30-23(18)28-21-7-5-6-19(16-21)24(32)26-2)29-20-8-10-22(11-9-20)33-15-14-31-12-3-4-13-31;1-18-16-26-25(29-24(18)28-22-17-32-23-7-3-2-6-21(22)23)27-19-8-10-20(11-9-19)31-15-14-30-12-4-5-13-30;1-17-16-26-24(29-23(17)27-19-7-10-21(25)22(15-19)31-2)28-18-5-8-20(9-6-18)32-14-13-30-11-3-4-12-30;1-17-16-25-23(28-22(17)26-20-6-4-5-18(24)15-20)27-19-7-9-21(10-8-19)30-14-13-29-11-2-3-12-29/h5-11,16-17H,3-4,12-15H2,1-2H3,(H,26,32)(H2,27,28,29,30);2-3,6-11,16-17H,4-5,12-15H2,1H3,(H2,26,27,28,29);5-10,15-16H,3-4,11-14H2,1-2H3,(H2,26,27,28,29);4-10,15-16H,2-3,11-14H2,1H3,(H2,25,26,27,28). The first kappa shape index (κ1) is 90.6. The first-order chi connectivity index (χ1) is 62.1. The van der Waals surface area contributed by atoms with Crippen LogP contribution in [0.25, 0.3) is 10.1 Å². The SMILES string of the molecule is CNC(=O)c1cccc(Nc2nc(Nc3ccc(OCCN4CCCC4)cc3)ncc2C)c1.COc1cc(Nc2nc(Nc3ccc(OCCN4CCCC4)cc3)ncc2C)ccc1Cl.Cc1cnc(Nc2ccc(OCCN3CCCC3)cc2)nc1Nc1cccc(Cl)c1.Cc1cnc(Nc2ccc(OCCN3CCCC3)cc2)nc1Nc1csc2ccccc12. The maximum absolute atomic E-state index is 11.9. The van der Waals surface area contributed by atoms with Gasteiger partial charge in [0.2, 0.25) is 23.8 Å². The number of carbonyl (C=O) groups excluding carboxylic acids is 1. The van der Waals surface area contributed by atoms with Gasteiger partial charge in [-0.3, -0.25) is 24.4 Å². The molecule has 5 aromatic heterocycles. The maximum atomic E-state index is 11.9. The van der Waals surface area contributed by atoms with E-state index in [1.807, 2.05) is 179 Å². The summed E-state index contributed by atoms with van der Waals surface area (Å²) in [5, 5.41) is 33.6. The second kappa shape index (κ2) is 46.5. The van der Waals surface area contributed by atoms with Crippen LogP contribution in [0.4, 0.5) is 92.6 Å². The minimum Gasteiger partial charge on any atom is -0.495 e. The number of amides is 1. The van der Waals surface area contributed by atoms with E-state index in [-0.39, 0.29) is 5.91 Å². The summed E-state index contributed by atoms with van der Waals surface area (Å²) in [6.07, 6.45) is 17.6. The molecule has 0 radical (unpaired) electrons. The first-order valence-corrected chi connectivity index (χ1v) is 44.9. The highest BCUT2D eigenvalue weighted by molar-refractivity contribution is 7.17. The summed E-state index contributed by atoms with van der Waals surface area (Å²) in [6.45, 7) is 24.1. The number of nitrogens with zero attached hydrogens (tertiary/aromatic N) is 12. The lowest BCUT2D eigenvalue weighted by Crippen LogP contribution is -2.25. The molecule has 4 fully saturated rings. The molecule has 4 saturated heterocycles. The van der Waals surface area contributed by atoms with Crippen molar-refractivity contribution in [3.8, 4) is 28.7 Å². The van der Waals surface area contributed by atoms with Crippen LogP contribution >= 0.6 is 34.5 Å². The van der Waals surface area contributed by atoms with Gasteiger partial charge in [-0.25, -0.2) is 19.9 Å². The third-order valence-corrected chi connectivity index (χ3v) is 23.2. The molecule has 27 nitrogen and oxygen atoms in total. The molecular formula is C97H111Cl2N21O6S. The number of nitrogens with one attached hydrogen (secondary N) is 9. The Morgan fingerprint density at radius 1 is 0.378 bits per heavy atom.